The number of carbonyl (C=O) groups excluding carboxylic acids is 2. The van der Waals surface area contributed by atoms with E-state index in [1.54, 1.807) is 24.5 Å². The lowest BCUT2D eigenvalue weighted by molar-refractivity contribution is -0.138. The van der Waals surface area contributed by atoms with E-state index in [-0.39, 0.29) is 35.4 Å². The molecule has 3 aliphatic rings. The molecule has 1 amide bonds. The van der Waals surface area contributed by atoms with Gasteiger partial charge in [-0.05, 0) is 68.0 Å². The number of piperidine rings is 1. The molecule has 6 rings (SSSR count). The molecule has 0 bridgehead atoms. The first-order valence-electron chi connectivity index (χ1n) is 14.0. The van der Waals surface area contributed by atoms with Crippen LogP contribution < -0.4 is 14.4 Å². The Kier molecular flexibility index (Phi) is 7.78. The molecule has 0 spiro atoms. The van der Waals surface area contributed by atoms with Crippen molar-refractivity contribution in [2.75, 3.05) is 31.1 Å². The third kappa shape index (κ3) is 6.30. The number of aliphatic hydroxyl groups excluding tert-OH is 1. The molecule has 3 aromatic rings. The van der Waals surface area contributed by atoms with Gasteiger partial charge in [-0.3, -0.25) is 9.59 Å². The minimum absolute atomic E-state index is 0.0510. The number of anilines is 1. The number of nitrogens with zero attached hydrogens (tertiary/aromatic N) is 5. The van der Waals surface area contributed by atoms with E-state index in [1.165, 1.54) is 30.5 Å². The first-order valence-corrected chi connectivity index (χ1v) is 14.0. The maximum Gasteiger partial charge on any atom is 0.229 e. The number of hydrogen-bond acceptors (Lipinski definition) is 9. The zero-order valence-corrected chi connectivity index (χ0v) is 22.6. The highest BCUT2D eigenvalue weighted by Gasteiger charge is 2.38. The fourth-order valence-corrected chi connectivity index (χ4v) is 5.55. The monoisotopic (exact) mass is 561 g/mol. The lowest BCUT2D eigenvalue weighted by Crippen LogP contribution is -2.56. The summed E-state index contributed by atoms with van der Waals surface area (Å²) in [5.74, 6) is 1.50. The Morgan fingerprint density at radius 1 is 0.927 bits per heavy atom. The SMILES string of the molecule is O=C1C(Cc2cnc(N3CC(C(=O)N4CCC(O)CC4)C3)nc2)CC[C@H]1Oc1ccc(Oc2ccc(F)cc2)nc1. The molecule has 2 atom stereocenters. The summed E-state index contributed by atoms with van der Waals surface area (Å²) < 4.78 is 24.6. The number of ether oxygens (including phenoxy) is 2. The average Bonchev–Trinajstić information content (AvgIpc) is 3.29. The van der Waals surface area contributed by atoms with Crippen LogP contribution in [-0.2, 0) is 16.0 Å². The number of likely N-dealkylation sites (tertiary alicyclic amines) is 1. The van der Waals surface area contributed by atoms with Crippen molar-refractivity contribution in [2.45, 2.75) is 44.3 Å². The molecule has 1 unspecified atom stereocenters. The molecule has 2 aromatic heterocycles. The smallest absolute Gasteiger partial charge is 0.229 e. The maximum atomic E-state index is 13.1. The van der Waals surface area contributed by atoms with Gasteiger partial charge in [0.25, 0.3) is 0 Å². The Balaban J connectivity index is 0.959. The van der Waals surface area contributed by atoms with Crippen LogP contribution in [0.25, 0.3) is 0 Å². The molecule has 1 N–H and O–H groups in total. The predicted octanol–water partition coefficient (Wildman–Crippen LogP) is 3.19. The van der Waals surface area contributed by atoms with E-state index >= 15 is 0 Å². The standard InChI is InChI=1S/C30H32FN5O5/c31-22-2-4-24(5-3-22)41-27-8-6-25(16-32-27)40-26-7-1-20(28(26)38)13-19-14-33-30(34-15-19)36-17-21(18-36)29(39)35-11-9-23(37)10-12-35/h2-6,8,14-16,20-21,23,26,37H,1,7,9-13,17-18H2/t20?,26-/m1/s1. The van der Waals surface area contributed by atoms with Gasteiger partial charge in [0.05, 0.1) is 18.2 Å². The summed E-state index contributed by atoms with van der Waals surface area (Å²) in [5.41, 5.74) is 0.886. The van der Waals surface area contributed by atoms with E-state index in [9.17, 15) is 19.1 Å². The van der Waals surface area contributed by atoms with Gasteiger partial charge in [0, 0.05) is 50.6 Å². The Bertz CT molecular complexity index is 1360. The molecule has 214 valence electrons. The van der Waals surface area contributed by atoms with Crippen molar-refractivity contribution in [3.63, 3.8) is 0 Å². The third-order valence-electron chi connectivity index (χ3n) is 7.98. The second-order valence-electron chi connectivity index (χ2n) is 10.9. The first kappa shape index (κ1) is 27.1. The number of halogens is 1. The van der Waals surface area contributed by atoms with Gasteiger partial charge in [0.2, 0.25) is 17.7 Å². The largest absolute Gasteiger partial charge is 0.481 e. The fraction of sp³-hybridized carbons (Fsp3) is 0.433. The van der Waals surface area contributed by atoms with Crippen molar-refractivity contribution in [3.05, 3.63) is 66.4 Å². The highest BCUT2D eigenvalue weighted by molar-refractivity contribution is 5.88. The van der Waals surface area contributed by atoms with Gasteiger partial charge < -0.3 is 24.4 Å². The van der Waals surface area contributed by atoms with Crippen LogP contribution in [0.1, 0.15) is 31.2 Å². The van der Waals surface area contributed by atoms with Crippen LogP contribution in [0.5, 0.6) is 17.4 Å². The number of carbonyl (C=O) groups is 2. The van der Waals surface area contributed by atoms with Gasteiger partial charge in [-0.1, -0.05) is 0 Å². The predicted molar refractivity (Wildman–Crippen MR) is 146 cm³/mol. The molecule has 0 radical (unpaired) electrons. The van der Waals surface area contributed by atoms with Gasteiger partial charge in [0.1, 0.15) is 17.3 Å². The highest BCUT2D eigenvalue weighted by Crippen LogP contribution is 2.30. The number of hydrogen-bond donors (Lipinski definition) is 1. The van der Waals surface area contributed by atoms with Gasteiger partial charge in [-0.15, -0.1) is 0 Å². The summed E-state index contributed by atoms with van der Waals surface area (Å²) in [6.07, 6.45) is 7.36. The molecule has 4 heterocycles. The van der Waals surface area contributed by atoms with E-state index < -0.39 is 6.10 Å². The number of ketones is 1. The molecule has 1 saturated carbocycles. The number of aromatic nitrogens is 3. The Morgan fingerprint density at radius 2 is 1.63 bits per heavy atom. The van der Waals surface area contributed by atoms with Crippen LogP contribution >= 0.6 is 0 Å². The van der Waals surface area contributed by atoms with Crippen molar-refractivity contribution >= 4 is 17.6 Å². The van der Waals surface area contributed by atoms with Crippen LogP contribution in [0.2, 0.25) is 0 Å². The normalized spacial score (nSPS) is 21.6. The van der Waals surface area contributed by atoms with Crippen molar-refractivity contribution in [1.82, 2.24) is 19.9 Å². The lowest BCUT2D eigenvalue weighted by Gasteiger charge is -2.41. The van der Waals surface area contributed by atoms with Crippen LogP contribution in [0.15, 0.2) is 55.0 Å². The fourth-order valence-electron chi connectivity index (χ4n) is 5.55. The van der Waals surface area contributed by atoms with Crippen molar-refractivity contribution < 1.29 is 28.6 Å². The maximum absolute atomic E-state index is 13.1. The quantitative estimate of drug-likeness (QED) is 0.442. The molecule has 2 aliphatic heterocycles. The zero-order chi connectivity index (χ0) is 28.3. The summed E-state index contributed by atoms with van der Waals surface area (Å²) in [4.78, 5) is 42.8. The molecule has 41 heavy (non-hydrogen) atoms. The van der Waals surface area contributed by atoms with Crippen molar-refractivity contribution in [2.24, 2.45) is 11.8 Å². The number of amides is 1. The highest BCUT2D eigenvalue weighted by atomic mass is 19.1. The summed E-state index contributed by atoms with van der Waals surface area (Å²) in [6.45, 7) is 2.41. The molecular weight excluding hydrogens is 529 g/mol. The van der Waals surface area contributed by atoms with E-state index in [4.69, 9.17) is 9.47 Å². The first-order chi connectivity index (χ1) is 19.9. The van der Waals surface area contributed by atoms with Crippen LogP contribution in [0.4, 0.5) is 10.3 Å². The summed E-state index contributed by atoms with van der Waals surface area (Å²) in [7, 11) is 0. The van der Waals surface area contributed by atoms with Crippen molar-refractivity contribution in [1.29, 1.82) is 0 Å². The molecule has 11 heteroatoms. The van der Waals surface area contributed by atoms with Gasteiger partial charge in [-0.25, -0.2) is 19.3 Å². The summed E-state index contributed by atoms with van der Waals surface area (Å²) in [5, 5.41) is 9.66. The summed E-state index contributed by atoms with van der Waals surface area (Å²) >= 11 is 0. The van der Waals surface area contributed by atoms with Crippen LogP contribution in [0.3, 0.4) is 0 Å². The molecule has 1 aromatic carbocycles. The minimum atomic E-state index is -0.537. The molecule has 10 nitrogen and oxygen atoms in total. The van der Waals surface area contributed by atoms with E-state index in [0.29, 0.717) is 81.6 Å². The second kappa shape index (κ2) is 11.8. The number of Topliss-reactive ketones (excluding diaryl/α,β-unsaturated/α-hetero) is 1. The van der Waals surface area contributed by atoms with Crippen LogP contribution in [-0.4, -0.2) is 75.0 Å². The second-order valence-corrected chi connectivity index (χ2v) is 10.9. The Hall–Kier alpha value is -4.12. The number of pyridine rings is 1. The third-order valence-corrected chi connectivity index (χ3v) is 7.98. The Morgan fingerprint density at radius 3 is 2.32 bits per heavy atom. The van der Waals surface area contributed by atoms with E-state index in [1.807, 2.05) is 9.80 Å². The van der Waals surface area contributed by atoms with Gasteiger partial charge >= 0.3 is 0 Å². The molecule has 1 aliphatic carbocycles. The van der Waals surface area contributed by atoms with Gasteiger partial charge in [0.15, 0.2) is 11.9 Å². The molecule has 2 saturated heterocycles. The number of benzene rings is 1. The topological polar surface area (TPSA) is 118 Å². The minimum Gasteiger partial charge on any atom is -0.481 e. The summed E-state index contributed by atoms with van der Waals surface area (Å²) in [6, 6.07) is 9.00. The van der Waals surface area contributed by atoms with Gasteiger partial charge in [-0.2, -0.15) is 0 Å². The zero-order valence-electron chi connectivity index (χ0n) is 22.6. The van der Waals surface area contributed by atoms with E-state index in [0.717, 1.165) is 5.56 Å². The number of rotatable bonds is 8. The molecule has 3 fully saturated rings. The Labute approximate surface area is 237 Å². The average molecular weight is 562 g/mol. The van der Waals surface area contributed by atoms with E-state index in [2.05, 4.69) is 15.0 Å². The van der Waals surface area contributed by atoms with Crippen molar-refractivity contribution in [3.8, 4) is 17.4 Å². The lowest BCUT2D eigenvalue weighted by atomic mass is 9.97. The number of aliphatic hydroxyl groups is 1. The van der Waals surface area contributed by atoms with Crippen LogP contribution in [0, 0.1) is 17.7 Å². The molecular formula is C30H32FN5O5.